The van der Waals surface area contributed by atoms with Crippen LogP contribution in [-0.2, 0) is 20.1 Å². The van der Waals surface area contributed by atoms with Crippen molar-refractivity contribution in [1.29, 1.82) is 0 Å². The van der Waals surface area contributed by atoms with E-state index in [1.165, 1.54) is 11.8 Å². The summed E-state index contributed by atoms with van der Waals surface area (Å²) in [7, 11) is 1.61. The van der Waals surface area contributed by atoms with Crippen molar-refractivity contribution in [3.05, 3.63) is 41.5 Å². The largest absolute Gasteiger partial charge is 0.497 e. The summed E-state index contributed by atoms with van der Waals surface area (Å²) in [6, 6.07) is 7.59. The van der Waals surface area contributed by atoms with E-state index in [9.17, 15) is 9.59 Å². The van der Waals surface area contributed by atoms with E-state index in [-0.39, 0.29) is 6.61 Å². The number of rotatable bonds is 8. The van der Waals surface area contributed by atoms with E-state index in [1.807, 2.05) is 24.3 Å². The number of methoxy groups -OCH3 is 1. The van der Waals surface area contributed by atoms with Crippen LogP contribution in [0.5, 0.6) is 5.75 Å². The van der Waals surface area contributed by atoms with E-state index in [1.54, 1.807) is 34.0 Å². The first-order chi connectivity index (χ1) is 10.8. The second-order valence-electron chi connectivity index (χ2n) is 5.07. The number of benzene rings is 1. The maximum Gasteiger partial charge on any atom is 0.325 e. The Kier molecular flexibility index (Phi) is 7.65. The van der Waals surface area contributed by atoms with Crippen molar-refractivity contribution in [1.82, 2.24) is 0 Å². The highest BCUT2D eigenvalue weighted by molar-refractivity contribution is 8.00. The standard InChI is InChI=1S/C17H21ClO4S/c1-5-22-16(20)17(3,10-12(2)15(18)19)23-11-13-6-8-14(21-4)9-7-13/h6-10H,5,11H2,1-4H3/b12-10+/t17-/m0/s1. The van der Waals surface area contributed by atoms with Gasteiger partial charge in [0, 0.05) is 11.3 Å². The maximum absolute atomic E-state index is 12.3. The van der Waals surface area contributed by atoms with Crippen molar-refractivity contribution in [2.45, 2.75) is 31.3 Å². The minimum Gasteiger partial charge on any atom is -0.497 e. The van der Waals surface area contributed by atoms with Gasteiger partial charge in [-0.15, -0.1) is 11.8 Å². The van der Waals surface area contributed by atoms with Crippen molar-refractivity contribution in [3.63, 3.8) is 0 Å². The molecule has 0 amide bonds. The van der Waals surface area contributed by atoms with Crippen LogP contribution in [0.15, 0.2) is 35.9 Å². The monoisotopic (exact) mass is 356 g/mol. The average molecular weight is 357 g/mol. The van der Waals surface area contributed by atoms with Crippen LogP contribution in [0.1, 0.15) is 26.3 Å². The van der Waals surface area contributed by atoms with Gasteiger partial charge in [-0.05, 0) is 56.1 Å². The minimum atomic E-state index is -0.982. The number of esters is 1. The highest BCUT2D eigenvalue weighted by Crippen LogP contribution is 2.33. The molecule has 0 fully saturated rings. The van der Waals surface area contributed by atoms with Gasteiger partial charge in [-0.25, -0.2) is 0 Å². The zero-order valence-electron chi connectivity index (χ0n) is 13.7. The Morgan fingerprint density at radius 2 is 1.91 bits per heavy atom. The van der Waals surface area contributed by atoms with Crippen molar-refractivity contribution in [3.8, 4) is 5.75 Å². The summed E-state index contributed by atoms with van der Waals surface area (Å²) in [5.41, 5.74) is 1.36. The molecule has 0 spiro atoms. The number of thioether (sulfide) groups is 1. The summed E-state index contributed by atoms with van der Waals surface area (Å²) < 4.78 is 9.27. The molecule has 0 radical (unpaired) electrons. The maximum atomic E-state index is 12.3. The SMILES string of the molecule is CCOC(=O)[C@](C)(/C=C(\C)C(=O)Cl)SCc1ccc(OC)cc1. The van der Waals surface area contributed by atoms with Crippen LogP contribution < -0.4 is 4.74 Å². The first-order valence-corrected chi connectivity index (χ1v) is 8.52. The van der Waals surface area contributed by atoms with Crippen LogP contribution >= 0.6 is 23.4 Å². The molecular formula is C17H21ClO4S. The molecule has 0 N–H and O–H groups in total. The molecule has 1 rings (SSSR count). The van der Waals surface area contributed by atoms with Gasteiger partial charge in [0.2, 0.25) is 5.24 Å². The molecule has 0 bridgehead atoms. The topological polar surface area (TPSA) is 52.6 Å². The smallest absolute Gasteiger partial charge is 0.325 e. The molecule has 4 nitrogen and oxygen atoms in total. The fourth-order valence-corrected chi connectivity index (χ4v) is 3.01. The molecule has 0 heterocycles. The molecule has 0 unspecified atom stereocenters. The summed E-state index contributed by atoms with van der Waals surface area (Å²) >= 11 is 6.87. The number of ether oxygens (including phenoxy) is 2. The lowest BCUT2D eigenvalue weighted by Crippen LogP contribution is -2.32. The second kappa shape index (κ2) is 8.99. The molecular weight excluding hydrogens is 336 g/mol. The van der Waals surface area contributed by atoms with Crippen molar-refractivity contribution in [2.24, 2.45) is 0 Å². The molecule has 0 aromatic heterocycles. The third-order valence-corrected chi connectivity index (χ3v) is 4.84. The van der Waals surface area contributed by atoms with E-state index in [4.69, 9.17) is 21.1 Å². The Hall–Kier alpha value is -1.46. The molecule has 0 saturated heterocycles. The number of carbonyl (C=O) groups excluding carboxylic acids is 2. The van der Waals surface area contributed by atoms with Crippen molar-refractivity contribution in [2.75, 3.05) is 13.7 Å². The number of hydrogen-bond donors (Lipinski definition) is 0. The van der Waals surface area contributed by atoms with Gasteiger partial charge in [0.15, 0.2) is 0 Å². The summed E-state index contributed by atoms with van der Waals surface area (Å²) in [5, 5.41) is -0.578. The Morgan fingerprint density at radius 1 is 1.30 bits per heavy atom. The third kappa shape index (κ3) is 5.92. The predicted octanol–water partition coefficient (Wildman–Crippen LogP) is 3.96. The molecule has 0 aliphatic rings. The molecule has 0 aliphatic heterocycles. The van der Waals surface area contributed by atoms with E-state index in [0.29, 0.717) is 11.3 Å². The number of halogens is 1. The van der Waals surface area contributed by atoms with Gasteiger partial charge in [-0.3, -0.25) is 9.59 Å². The Balaban J connectivity index is 2.93. The first-order valence-electron chi connectivity index (χ1n) is 7.15. The summed E-state index contributed by atoms with van der Waals surface area (Å²) in [5.74, 6) is 0.964. The van der Waals surface area contributed by atoms with Gasteiger partial charge in [0.25, 0.3) is 0 Å². The van der Waals surface area contributed by atoms with Gasteiger partial charge >= 0.3 is 5.97 Å². The Morgan fingerprint density at radius 3 is 2.39 bits per heavy atom. The molecule has 6 heteroatoms. The van der Waals surface area contributed by atoms with Crippen LogP contribution in [0.3, 0.4) is 0 Å². The van der Waals surface area contributed by atoms with Gasteiger partial charge < -0.3 is 9.47 Å². The van der Waals surface area contributed by atoms with Gasteiger partial charge in [-0.2, -0.15) is 0 Å². The Bertz CT molecular complexity index is 583. The molecule has 23 heavy (non-hydrogen) atoms. The summed E-state index contributed by atoms with van der Waals surface area (Å²) in [6.07, 6.45) is 1.56. The predicted molar refractivity (Wildman–Crippen MR) is 93.9 cm³/mol. The second-order valence-corrected chi connectivity index (χ2v) is 6.83. The normalized spacial score (nSPS) is 14.0. The van der Waals surface area contributed by atoms with Crippen LogP contribution in [0.2, 0.25) is 0 Å². The van der Waals surface area contributed by atoms with Crippen LogP contribution in [-0.4, -0.2) is 29.7 Å². The fraction of sp³-hybridized carbons (Fsp3) is 0.412. The first kappa shape index (κ1) is 19.6. The van der Waals surface area contributed by atoms with Gasteiger partial charge in [-0.1, -0.05) is 12.1 Å². The van der Waals surface area contributed by atoms with Gasteiger partial charge in [0.05, 0.1) is 13.7 Å². The molecule has 0 aliphatic carbocycles. The number of allylic oxidation sites excluding steroid dienone is 1. The lowest BCUT2D eigenvalue weighted by Gasteiger charge is -2.24. The lowest BCUT2D eigenvalue weighted by atomic mass is 10.1. The van der Waals surface area contributed by atoms with Crippen LogP contribution in [0.4, 0.5) is 0 Å². The van der Waals surface area contributed by atoms with Crippen LogP contribution in [0, 0.1) is 0 Å². The highest BCUT2D eigenvalue weighted by Gasteiger charge is 2.34. The van der Waals surface area contributed by atoms with Crippen molar-refractivity contribution < 1.29 is 19.1 Å². The number of carbonyl (C=O) groups is 2. The zero-order valence-corrected chi connectivity index (χ0v) is 15.3. The molecule has 1 atom stereocenters. The van der Waals surface area contributed by atoms with Gasteiger partial charge in [0.1, 0.15) is 10.5 Å². The van der Waals surface area contributed by atoms with Crippen molar-refractivity contribution >= 4 is 34.6 Å². The number of hydrogen-bond acceptors (Lipinski definition) is 5. The van der Waals surface area contributed by atoms with E-state index >= 15 is 0 Å². The van der Waals surface area contributed by atoms with Crippen LogP contribution in [0.25, 0.3) is 0 Å². The van der Waals surface area contributed by atoms with E-state index in [0.717, 1.165) is 11.3 Å². The summed E-state index contributed by atoms with van der Waals surface area (Å²) in [4.78, 5) is 23.6. The highest BCUT2D eigenvalue weighted by atomic mass is 35.5. The fourth-order valence-electron chi connectivity index (χ4n) is 1.86. The lowest BCUT2D eigenvalue weighted by molar-refractivity contribution is -0.144. The molecule has 1 aromatic carbocycles. The average Bonchev–Trinajstić information content (AvgIpc) is 2.53. The minimum absolute atomic E-state index is 0.277. The van der Waals surface area contributed by atoms with E-state index in [2.05, 4.69) is 0 Å². The Labute approximate surface area is 146 Å². The summed E-state index contributed by atoms with van der Waals surface area (Å²) in [6.45, 7) is 5.33. The molecule has 126 valence electrons. The molecule has 0 saturated carbocycles. The quantitative estimate of drug-likeness (QED) is 0.401. The van der Waals surface area contributed by atoms with E-state index < -0.39 is 16.0 Å². The molecule has 1 aromatic rings. The zero-order chi connectivity index (χ0) is 17.5. The third-order valence-electron chi connectivity index (χ3n) is 3.18.